The van der Waals surface area contributed by atoms with Crippen LogP contribution in [0.2, 0.25) is 0 Å². The zero-order valence-electron chi connectivity index (χ0n) is 14.8. The number of amides is 1. The van der Waals surface area contributed by atoms with Crippen LogP contribution in [0.1, 0.15) is 31.2 Å². The number of carbonyl (C=O) groups is 1. The molecule has 2 aliphatic rings. The Morgan fingerprint density at radius 1 is 1.12 bits per heavy atom. The lowest BCUT2D eigenvalue weighted by molar-refractivity contribution is -0.132. The molecule has 5 heteroatoms. The summed E-state index contributed by atoms with van der Waals surface area (Å²) in [6, 6.07) is 11.0. The molecule has 2 atom stereocenters. The normalized spacial score (nSPS) is 24.1. The molecule has 1 amide bonds. The summed E-state index contributed by atoms with van der Waals surface area (Å²) in [4.78, 5) is 17.5. The number of rotatable bonds is 4. The van der Waals surface area contributed by atoms with Crippen molar-refractivity contribution in [3.63, 3.8) is 0 Å². The Balaban J connectivity index is 1.44. The van der Waals surface area contributed by atoms with Gasteiger partial charge in [-0.15, -0.1) is 0 Å². The monoisotopic (exact) mass is 338 g/mol. The van der Waals surface area contributed by atoms with Gasteiger partial charge < -0.3 is 9.80 Å². The van der Waals surface area contributed by atoms with Gasteiger partial charge in [0.05, 0.1) is 18.3 Å². The second-order valence-corrected chi connectivity index (χ2v) is 7.29. The van der Waals surface area contributed by atoms with Crippen LogP contribution in [0.3, 0.4) is 0 Å². The SMILES string of the molecule is CN1CCC[C@H]1[C@@H]1CCCN1C(=O)Cc1cnn(-c2ccccc2)c1. The molecule has 1 aromatic heterocycles. The molecule has 25 heavy (non-hydrogen) atoms. The molecule has 132 valence electrons. The highest BCUT2D eigenvalue weighted by Gasteiger charge is 2.38. The molecule has 5 nitrogen and oxygen atoms in total. The van der Waals surface area contributed by atoms with Gasteiger partial charge in [0, 0.05) is 24.8 Å². The summed E-state index contributed by atoms with van der Waals surface area (Å²) >= 11 is 0. The van der Waals surface area contributed by atoms with Crippen molar-refractivity contribution >= 4 is 5.91 Å². The Hall–Kier alpha value is -2.14. The highest BCUT2D eigenvalue weighted by Crippen LogP contribution is 2.29. The van der Waals surface area contributed by atoms with Crippen molar-refractivity contribution in [2.45, 2.75) is 44.2 Å². The van der Waals surface area contributed by atoms with E-state index >= 15 is 0 Å². The fourth-order valence-electron chi connectivity index (χ4n) is 4.37. The second-order valence-electron chi connectivity index (χ2n) is 7.29. The molecule has 0 bridgehead atoms. The van der Waals surface area contributed by atoms with Crippen molar-refractivity contribution in [2.75, 3.05) is 20.1 Å². The summed E-state index contributed by atoms with van der Waals surface area (Å²) in [5, 5.41) is 4.41. The van der Waals surface area contributed by atoms with Crippen molar-refractivity contribution in [2.24, 2.45) is 0 Å². The number of aromatic nitrogens is 2. The Morgan fingerprint density at radius 3 is 2.64 bits per heavy atom. The molecule has 2 fully saturated rings. The van der Waals surface area contributed by atoms with Crippen LogP contribution < -0.4 is 0 Å². The standard InChI is InChI=1S/C20H26N4O/c1-22-11-5-9-18(22)19-10-6-12-23(19)20(25)13-16-14-21-24(15-16)17-7-3-2-4-8-17/h2-4,7-8,14-15,18-19H,5-6,9-13H2,1H3/t18-,19-/m0/s1. The lowest BCUT2D eigenvalue weighted by Gasteiger charge is -2.33. The highest BCUT2D eigenvalue weighted by atomic mass is 16.2. The molecule has 2 aliphatic heterocycles. The molecule has 0 N–H and O–H groups in total. The van der Waals surface area contributed by atoms with Gasteiger partial charge in [-0.1, -0.05) is 18.2 Å². The van der Waals surface area contributed by atoms with E-state index in [1.165, 1.54) is 12.8 Å². The number of nitrogens with zero attached hydrogens (tertiary/aromatic N) is 4. The minimum atomic E-state index is 0.246. The third-order valence-electron chi connectivity index (χ3n) is 5.65. The van der Waals surface area contributed by atoms with Gasteiger partial charge in [-0.25, -0.2) is 4.68 Å². The Labute approximate surface area is 149 Å². The molecule has 1 aromatic carbocycles. The van der Waals surface area contributed by atoms with Crippen LogP contribution in [0.15, 0.2) is 42.7 Å². The van der Waals surface area contributed by atoms with Crippen LogP contribution >= 0.6 is 0 Å². The summed E-state index contributed by atoms with van der Waals surface area (Å²) in [6.07, 6.45) is 8.98. The van der Waals surface area contributed by atoms with E-state index in [-0.39, 0.29) is 5.91 Å². The summed E-state index contributed by atoms with van der Waals surface area (Å²) in [5.41, 5.74) is 2.01. The van der Waals surface area contributed by atoms with Gasteiger partial charge in [0.25, 0.3) is 0 Å². The zero-order valence-corrected chi connectivity index (χ0v) is 14.8. The number of likely N-dealkylation sites (tertiary alicyclic amines) is 2. The number of benzene rings is 1. The van der Waals surface area contributed by atoms with E-state index in [9.17, 15) is 4.79 Å². The average molecular weight is 338 g/mol. The minimum Gasteiger partial charge on any atom is -0.338 e. The molecule has 0 saturated carbocycles. The van der Waals surface area contributed by atoms with E-state index in [4.69, 9.17) is 0 Å². The van der Waals surface area contributed by atoms with Crippen LogP contribution in [0.5, 0.6) is 0 Å². The zero-order chi connectivity index (χ0) is 17.2. The Bertz CT molecular complexity index is 726. The van der Waals surface area contributed by atoms with Gasteiger partial charge in [0.15, 0.2) is 0 Å². The third-order valence-corrected chi connectivity index (χ3v) is 5.65. The van der Waals surface area contributed by atoms with E-state index in [0.717, 1.165) is 37.2 Å². The fourth-order valence-corrected chi connectivity index (χ4v) is 4.37. The van der Waals surface area contributed by atoms with Crippen LogP contribution in [-0.2, 0) is 11.2 Å². The number of carbonyl (C=O) groups excluding carboxylic acids is 1. The van der Waals surface area contributed by atoms with Gasteiger partial charge >= 0.3 is 0 Å². The van der Waals surface area contributed by atoms with E-state index in [2.05, 4.69) is 21.9 Å². The van der Waals surface area contributed by atoms with Gasteiger partial charge in [-0.05, 0) is 57.0 Å². The molecular weight excluding hydrogens is 312 g/mol. The molecule has 0 radical (unpaired) electrons. The Kier molecular flexibility index (Phi) is 4.57. The molecule has 0 unspecified atom stereocenters. The maximum Gasteiger partial charge on any atom is 0.227 e. The third kappa shape index (κ3) is 3.33. The molecule has 0 aliphatic carbocycles. The first-order chi connectivity index (χ1) is 12.2. The van der Waals surface area contributed by atoms with Crippen molar-refractivity contribution < 1.29 is 4.79 Å². The van der Waals surface area contributed by atoms with Crippen molar-refractivity contribution in [3.8, 4) is 5.69 Å². The first kappa shape index (κ1) is 16.3. The lowest BCUT2D eigenvalue weighted by atomic mass is 10.0. The van der Waals surface area contributed by atoms with Gasteiger partial charge in [-0.3, -0.25) is 4.79 Å². The minimum absolute atomic E-state index is 0.246. The largest absolute Gasteiger partial charge is 0.338 e. The smallest absolute Gasteiger partial charge is 0.227 e. The number of para-hydroxylation sites is 1. The topological polar surface area (TPSA) is 41.4 Å². The molecular formula is C20H26N4O. The average Bonchev–Trinajstić information content (AvgIpc) is 3.35. The summed E-state index contributed by atoms with van der Waals surface area (Å²) in [7, 11) is 2.20. The Morgan fingerprint density at radius 2 is 1.88 bits per heavy atom. The van der Waals surface area contributed by atoms with Crippen LogP contribution in [0.4, 0.5) is 0 Å². The van der Waals surface area contributed by atoms with E-state index in [1.54, 1.807) is 0 Å². The summed E-state index contributed by atoms with van der Waals surface area (Å²) in [6.45, 7) is 2.06. The highest BCUT2D eigenvalue weighted by molar-refractivity contribution is 5.79. The fraction of sp³-hybridized carbons (Fsp3) is 0.500. The maximum absolute atomic E-state index is 12.9. The van der Waals surface area contributed by atoms with E-state index in [1.807, 2.05) is 47.4 Å². The molecule has 3 heterocycles. The quantitative estimate of drug-likeness (QED) is 0.860. The van der Waals surface area contributed by atoms with Crippen LogP contribution in [0, 0.1) is 0 Å². The first-order valence-electron chi connectivity index (χ1n) is 9.31. The predicted molar refractivity (Wildman–Crippen MR) is 97.7 cm³/mol. The van der Waals surface area contributed by atoms with Crippen LogP contribution in [0.25, 0.3) is 5.69 Å². The molecule has 4 rings (SSSR count). The van der Waals surface area contributed by atoms with Crippen molar-refractivity contribution in [3.05, 3.63) is 48.3 Å². The van der Waals surface area contributed by atoms with E-state index < -0.39 is 0 Å². The predicted octanol–water partition coefficient (Wildman–Crippen LogP) is 2.50. The molecule has 0 spiro atoms. The van der Waals surface area contributed by atoms with Gasteiger partial charge in [0.2, 0.25) is 5.91 Å². The first-order valence-corrected chi connectivity index (χ1v) is 9.31. The summed E-state index contributed by atoms with van der Waals surface area (Å²) in [5.74, 6) is 0.246. The number of hydrogen-bond donors (Lipinski definition) is 0. The lowest BCUT2D eigenvalue weighted by Crippen LogP contribution is -2.47. The van der Waals surface area contributed by atoms with Crippen LogP contribution in [-0.4, -0.2) is 57.7 Å². The molecule has 2 saturated heterocycles. The van der Waals surface area contributed by atoms with E-state index in [0.29, 0.717) is 18.5 Å². The summed E-state index contributed by atoms with van der Waals surface area (Å²) < 4.78 is 1.84. The van der Waals surface area contributed by atoms with Crippen molar-refractivity contribution in [1.82, 2.24) is 19.6 Å². The number of hydrogen-bond acceptors (Lipinski definition) is 3. The van der Waals surface area contributed by atoms with Gasteiger partial charge in [0.1, 0.15) is 0 Å². The molecule has 2 aromatic rings. The maximum atomic E-state index is 12.9. The second kappa shape index (κ2) is 7.00. The van der Waals surface area contributed by atoms with Gasteiger partial charge in [-0.2, -0.15) is 5.10 Å². The van der Waals surface area contributed by atoms with Crippen molar-refractivity contribution in [1.29, 1.82) is 0 Å². The number of likely N-dealkylation sites (N-methyl/N-ethyl adjacent to an activating group) is 1.